The summed E-state index contributed by atoms with van der Waals surface area (Å²) >= 11 is 0. The van der Waals surface area contributed by atoms with Crippen LogP contribution in [0.1, 0.15) is 6.42 Å². The molecule has 0 heterocycles. The Morgan fingerprint density at radius 1 is 1.50 bits per heavy atom. The summed E-state index contributed by atoms with van der Waals surface area (Å²) in [5.74, 6) is -2.48. The predicted molar refractivity (Wildman–Crippen MR) is 46.0 cm³/mol. The van der Waals surface area contributed by atoms with Crippen molar-refractivity contribution in [2.24, 2.45) is 5.92 Å². The maximum atomic E-state index is 10.5. The second-order valence-corrected chi connectivity index (χ2v) is 3.33. The molecular weight excluding hydrogens is 190 g/mol. The highest BCUT2D eigenvalue weighted by Crippen LogP contribution is 2.30. The van der Waals surface area contributed by atoms with E-state index >= 15 is 0 Å². The van der Waals surface area contributed by atoms with Gasteiger partial charge in [0, 0.05) is 13.2 Å². The van der Waals surface area contributed by atoms with Crippen LogP contribution in [0.2, 0.25) is 0 Å². The topological polar surface area (TPSA) is 95.9 Å². The number of nitrogens with one attached hydrogen (secondary N) is 1. The van der Waals surface area contributed by atoms with Gasteiger partial charge in [-0.2, -0.15) is 0 Å². The molecule has 2 atom stereocenters. The van der Waals surface area contributed by atoms with Crippen molar-refractivity contribution in [3.8, 4) is 0 Å². The van der Waals surface area contributed by atoms with Crippen LogP contribution in [-0.4, -0.2) is 48.0 Å². The van der Waals surface area contributed by atoms with Crippen LogP contribution in [0.5, 0.6) is 0 Å². The molecule has 14 heavy (non-hydrogen) atoms. The van der Waals surface area contributed by atoms with E-state index < -0.39 is 18.0 Å². The van der Waals surface area contributed by atoms with Gasteiger partial charge in [-0.15, -0.1) is 0 Å². The maximum Gasteiger partial charge on any atom is 0.332 e. The van der Waals surface area contributed by atoms with Crippen LogP contribution in [0.4, 0.5) is 0 Å². The van der Waals surface area contributed by atoms with E-state index in [1.165, 1.54) is 0 Å². The molecule has 1 aliphatic rings. The lowest BCUT2D eigenvalue weighted by Gasteiger charge is -2.08. The average molecular weight is 203 g/mol. The van der Waals surface area contributed by atoms with E-state index in [4.69, 9.17) is 14.9 Å². The summed E-state index contributed by atoms with van der Waals surface area (Å²) in [5, 5.41) is 19.7. The first kappa shape index (κ1) is 10.9. The minimum atomic E-state index is -1.51. The lowest BCUT2D eigenvalue weighted by atomic mass is 10.3. The van der Waals surface area contributed by atoms with Gasteiger partial charge in [-0.1, -0.05) is 0 Å². The van der Waals surface area contributed by atoms with Crippen LogP contribution in [0, 0.1) is 5.92 Å². The van der Waals surface area contributed by atoms with Gasteiger partial charge in [-0.3, -0.25) is 5.32 Å². The fourth-order valence-electron chi connectivity index (χ4n) is 1.31. The molecule has 0 spiro atoms. The Balaban J connectivity index is 2.36. The van der Waals surface area contributed by atoms with Gasteiger partial charge < -0.3 is 14.9 Å². The number of carboxylic acids is 2. The van der Waals surface area contributed by atoms with Crippen molar-refractivity contribution in [1.29, 1.82) is 0 Å². The Morgan fingerprint density at radius 3 is 2.50 bits per heavy atom. The van der Waals surface area contributed by atoms with Crippen LogP contribution in [0.3, 0.4) is 0 Å². The molecule has 2 unspecified atom stereocenters. The van der Waals surface area contributed by atoms with Gasteiger partial charge in [-0.05, 0) is 12.3 Å². The molecular formula is C8H13NO5. The molecule has 0 aromatic heterocycles. The number of methoxy groups -OCH3 is 1. The third kappa shape index (κ3) is 2.68. The van der Waals surface area contributed by atoms with Crippen LogP contribution < -0.4 is 5.32 Å². The zero-order chi connectivity index (χ0) is 10.7. The molecule has 1 rings (SSSR count). The second kappa shape index (κ2) is 4.39. The molecule has 0 aromatic rings. The molecule has 1 aliphatic carbocycles. The van der Waals surface area contributed by atoms with E-state index in [0.29, 0.717) is 6.61 Å². The Morgan fingerprint density at radius 2 is 2.07 bits per heavy atom. The zero-order valence-corrected chi connectivity index (χ0v) is 7.77. The molecule has 80 valence electrons. The fraction of sp³-hybridized carbons (Fsp3) is 0.750. The van der Waals surface area contributed by atoms with Crippen molar-refractivity contribution in [3.63, 3.8) is 0 Å². The molecule has 1 fully saturated rings. The molecule has 0 saturated heterocycles. The molecule has 0 aromatic carbocycles. The van der Waals surface area contributed by atoms with E-state index in [0.717, 1.165) is 6.42 Å². The van der Waals surface area contributed by atoms with Crippen LogP contribution >= 0.6 is 0 Å². The summed E-state index contributed by atoms with van der Waals surface area (Å²) in [6.45, 7) is 0.531. The zero-order valence-electron chi connectivity index (χ0n) is 7.77. The van der Waals surface area contributed by atoms with Gasteiger partial charge in [0.05, 0.1) is 6.61 Å². The van der Waals surface area contributed by atoms with E-state index in [-0.39, 0.29) is 12.0 Å². The van der Waals surface area contributed by atoms with Crippen molar-refractivity contribution >= 4 is 11.9 Å². The minimum Gasteiger partial charge on any atom is -0.480 e. The van der Waals surface area contributed by atoms with E-state index in [1.807, 2.05) is 0 Å². The summed E-state index contributed by atoms with van der Waals surface area (Å²) in [6.07, 6.45) is 0.769. The molecule has 6 nitrogen and oxygen atoms in total. The number of rotatable bonds is 6. The molecule has 0 amide bonds. The standard InChI is InChI=1S/C8H13NO5/c1-14-3-4-2-5(4)9-6(7(10)11)8(12)13/h4-6,9H,2-3H2,1H3,(H,10,11)(H,12,13). The Labute approximate surface area is 80.9 Å². The highest BCUT2D eigenvalue weighted by atomic mass is 16.5. The molecule has 6 heteroatoms. The van der Waals surface area contributed by atoms with Crippen molar-refractivity contribution in [1.82, 2.24) is 5.32 Å². The number of hydrogen-bond donors (Lipinski definition) is 3. The van der Waals surface area contributed by atoms with E-state index in [2.05, 4.69) is 5.32 Å². The van der Waals surface area contributed by atoms with Crippen LogP contribution in [0.15, 0.2) is 0 Å². The average Bonchev–Trinajstić information content (AvgIpc) is 2.79. The first-order valence-electron chi connectivity index (χ1n) is 4.27. The van der Waals surface area contributed by atoms with Crippen LogP contribution in [0.25, 0.3) is 0 Å². The van der Waals surface area contributed by atoms with E-state index in [9.17, 15) is 9.59 Å². The van der Waals surface area contributed by atoms with Crippen molar-refractivity contribution in [3.05, 3.63) is 0 Å². The predicted octanol–water partition coefficient (Wildman–Crippen LogP) is -0.851. The quantitative estimate of drug-likeness (QED) is 0.486. The lowest BCUT2D eigenvalue weighted by Crippen LogP contribution is -2.45. The summed E-state index contributed by atoms with van der Waals surface area (Å²) in [7, 11) is 1.56. The third-order valence-corrected chi connectivity index (χ3v) is 2.18. The summed E-state index contributed by atoms with van der Waals surface area (Å²) < 4.78 is 4.86. The van der Waals surface area contributed by atoms with Crippen molar-refractivity contribution < 1.29 is 24.5 Å². The summed E-state index contributed by atoms with van der Waals surface area (Å²) in [6, 6.07) is -1.56. The van der Waals surface area contributed by atoms with Gasteiger partial charge in [0.15, 0.2) is 0 Å². The maximum absolute atomic E-state index is 10.5. The Hall–Kier alpha value is -1.14. The van der Waals surface area contributed by atoms with Crippen molar-refractivity contribution in [2.75, 3.05) is 13.7 Å². The Kier molecular flexibility index (Phi) is 3.43. The number of hydrogen-bond acceptors (Lipinski definition) is 4. The summed E-state index contributed by atoms with van der Waals surface area (Å²) in [5.41, 5.74) is 0. The van der Waals surface area contributed by atoms with Gasteiger partial charge in [-0.25, -0.2) is 9.59 Å². The molecule has 3 N–H and O–H groups in total. The van der Waals surface area contributed by atoms with Gasteiger partial charge in [0.2, 0.25) is 6.04 Å². The lowest BCUT2D eigenvalue weighted by molar-refractivity contribution is -0.151. The van der Waals surface area contributed by atoms with Gasteiger partial charge in [0.1, 0.15) is 0 Å². The van der Waals surface area contributed by atoms with Gasteiger partial charge in [0.25, 0.3) is 0 Å². The first-order valence-corrected chi connectivity index (χ1v) is 4.27. The molecule has 1 saturated carbocycles. The monoisotopic (exact) mass is 203 g/mol. The van der Waals surface area contributed by atoms with Gasteiger partial charge >= 0.3 is 11.9 Å². The normalized spacial score (nSPS) is 25.0. The SMILES string of the molecule is COCC1CC1NC(C(=O)O)C(=O)O. The highest BCUT2D eigenvalue weighted by Gasteiger charge is 2.41. The molecule has 0 radical (unpaired) electrons. The number of carboxylic acid groups (broad SMARTS) is 2. The number of ether oxygens (including phenoxy) is 1. The third-order valence-electron chi connectivity index (χ3n) is 2.18. The summed E-state index contributed by atoms with van der Waals surface area (Å²) in [4.78, 5) is 21.0. The fourth-order valence-corrected chi connectivity index (χ4v) is 1.31. The second-order valence-electron chi connectivity index (χ2n) is 3.33. The van der Waals surface area contributed by atoms with E-state index in [1.54, 1.807) is 7.11 Å². The number of aliphatic carboxylic acids is 2. The largest absolute Gasteiger partial charge is 0.480 e. The van der Waals surface area contributed by atoms with Crippen LogP contribution in [-0.2, 0) is 14.3 Å². The smallest absolute Gasteiger partial charge is 0.332 e. The Bertz CT molecular complexity index is 228. The highest BCUT2D eigenvalue weighted by molar-refractivity contribution is 5.97. The minimum absolute atomic E-state index is 0.0489. The molecule has 0 bridgehead atoms. The number of carbonyl (C=O) groups is 2. The molecule has 0 aliphatic heterocycles. The first-order chi connectivity index (χ1) is 6.56. The van der Waals surface area contributed by atoms with Crippen molar-refractivity contribution in [2.45, 2.75) is 18.5 Å².